The molecular formula is C19H23N3O3S. The molecule has 2 aromatic carbocycles. The molecule has 1 amide bonds. The summed E-state index contributed by atoms with van der Waals surface area (Å²) >= 11 is 0. The minimum Gasteiger partial charge on any atom is -0.333 e. The van der Waals surface area contributed by atoms with E-state index >= 15 is 0 Å². The van der Waals surface area contributed by atoms with Crippen LogP contribution in [-0.4, -0.2) is 51.9 Å². The van der Waals surface area contributed by atoms with E-state index in [1.54, 1.807) is 36.4 Å². The van der Waals surface area contributed by atoms with Crippen molar-refractivity contribution in [1.82, 2.24) is 10.2 Å². The molecule has 3 rings (SSSR count). The molecule has 1 aliphatic rings. The van der Waals surface area contributed by atoms with E-state index in [-0.39, 0.29) is 16.8 Å². The number of benzene rings is 2. The molecule has 1 heterocycles. The minimum absolute atomic E-state index is 0.0700. The van der Waals surface area contributed by atoms with Gasteiger partial charge in [0.25, 0.3) is 15.9 Å². The Bertz CT molecular complexity index is 867. The van der Waals surface area contributed by atoms with Gasteiger partial charge in [0.2, 0.25) is 0 Å². The predicted octanol–water partition coefficient (Wildman–Crippen LogP) is 1.95. The first-order valence-corrected chi connectivity index (χ1v) is 10.0. The lowest BCUT2D eigenvalue weighted by Crippen LogP contribution is -2.52. The average Bonchev–Trinajstić information content (AvgIpc) is 2.68. The molecule has 0 aliphatic carbocycles. The minimum atomic E-state index is -3.67. The van der Waals surface area contributed by atoms with Gasteiger partial charge in [-0.1, -0.05) is 18.2 Å². The first kappa shape index (κ1) is 18.4. The Labute approximate surface area is 154 Å². The summed E-state index contributed by atoms with van der Waals surface area (Å²) in [5, 5.41) is 3.25. The molecule has 138 valence electrons. The number of hydrogen-bond acceptors (Lipinski definition) is 4. The van der Waals surface area contributed by atoms with Crippen LogP contribution in [0.5, 0.6) is 0 Å². The highest BCUT2D eigenvalue weighted by Crippen LogP contribution is 2.22. The maximum Gasteiger partial charge on any atom is 0.264 e. The number of hydrogen-bond donors (Lipinski definition) is 1. The van der Waals surface area contributed by atoms with Crippen molar-refractivity contribution in [3.05, 3.63) is 60.2 Å². The van der Waals surface area contributed by atoms with Crippen LogP contribution in [0, 0.1) is 0 Å². The van der Waals surface area contributed by atoms with Gasteiger partial charge in [-0.05, 0) is 43.3 Å². The van der Waals surface area contributed by atoms with Crippen LogP contribution in [0.3, 0.4) is 0 Å². The molecule has 0 spiro atoms. The predicted molar refractivity (Wildman–Crippen MR) is 102 cm³/mol. The van der Waals surface area contributed by atoms with Gasteiger partial charge in [-0.2, -0.15) is 0 Å². The number of carbonyl (C=O) groups excluding carboxylic acids is 1. The number of nitrogens with one attached hydrogen (secondary N) is 1. The zero-order valence-corrected chi connectivity index (χ0v) is 15.7. The monoisotopic (exact) mass is 373 g/mol. The SMILES string of the molecule is C[C@H]1CNCCN1C(=O)c1ccc(S(=O)(=O)N(C)c2ccccc2)cc1. The van der Waals surface area contributed by atoms with E-state index in [2.05, 4.69) is 5.32 Å². The second-order valence-corrected chi connectivity index (χ2v) is 8.35. The smallest absolute Gasteiger partial charge is 0.264 e. The Morgan fingerprint density at radius 1 is 1.12 bits per heavy atom. The first-order chi connectivity index (χ1) is 12.4. The van der Waals surface area contributed by atoms with Crippen LogP contribution in [0.2, 0.25) is 0 Å². The molecule has 0 saturated carbocycles. The lowest BCUT2D eigenvalue weighted by Gasteiger charge is -2.34. The van der Waals surface area contributed by atoms with E-state index in [0.29, 0.717) is 17.8 Å². The van der Waals surface area contributed by atoms with Crippen LogP contribution in [0.15, 0.2) is 59.5 Å². The third kappa shape index (κ3) is 3.59. The first-order valence-electron chi connectivity index (χ1n) is 8.57. The van der Waals surface area contributed by atoms with Crippen molar-refractivity contribution in [2.75, 3.05) is 31.0 Å². The quantitative estimate of drug-likeness (QED) is 0.889. The van der Waals surface area contributed by atoms with E-state index in [0.717, 1.165) is 13.1 Å². The fraction of sp³-hybridized carbons (Fsp3) is 0.316. The molecule has 1 atom stereocenters. The van der Waals surface area contributed by atoms with Crippen LogP contribution in [-0.2, 0) is 10.0 Å². The van der Waals surface area contributed by atoms with E-state index in [1.807, 2.05) is 17.9 Å². The second kappa shape index (κ2) is 7.47. The van der Waals surface area contributed by atoms with Gasteiger partial charge in [0.1, 0.15) is 0 Å². The Balaban J connectivity index is 1.81. The number of anilines is 1. The maximum absolute atomic E-state index is 12.8. The van der Waals surface area contributed by atoms with E-state index < -0.39 is 10.0 Å². The second-order valence-electron chi connectivity index (χ2n) is 6.38. The van der Waals surface area contributed by atoms with Crippen molar-refractivity contribution in [3.63, 3.8) is 0 Å². The van der Waals surface area contributed by atoms with Crippen molar-refractivity contribution >= 4 is 21.6 Å². The van der Waals surface area contributed by atoms with Crippen LogP contribution >= 0.6 is 0 Å². The standard InChI is InChI=1S/C19H23N3O3S/c1-15-14-20-12-13-22(15)19(23)16-8-10-18(11-9-16)26(24,25)21(2)17-6-4-3-5-7-17/h3-11,15,20H,12-14H2,1-2H3/t15-/m0/s1. The van der Waals surface area contributed by atoms with E-state index in [1.165, 1.54) is 23.5 Å². The normalized spacial score (nSPS) is 17.8. The lowest BCUT2D eigenvalue weighted by atomic mass is 10.1. The number of nitrogens with zero attached hydrogens (tertiary/aromatic N) is 2. The van der Waals surface area contributed by atoms with Gasteiger partial charge in [-0.3, -0.25) is 9.10 Å². The number of para-hydroxylation sites is 1. The zero-order valence-electron chi connectivity index (χ0n) is 14.9. The summed E-state index contributed by atoms with van der Waals surface area (Å²) in [6, 6.07) is 15.2. The topological polar surface area (TPSA) is 69.7 Å². The molecular weight excluding hydrogens is 350 g/mol. The van der Waals surface area contributed by atoms with Crippen molar-refractivity contribution in [3.8, 4) is 0 Å². The number of piperazine rings is 1. The van der Waals surface area contributed by atoms with Gasteiger partial charge in [0.05, 0.1) is 10.6 Å². The van der Waals surface area contributed by atoms with Crippen LogP contribution in [0.1, 0.15) is 17.3 Å². The summed E-state index contributed by atoms with van der Waals surface area (Å²) in [6.07, 6.45) is 0. The fourth-order valence-electron chi connectivity index (χ4n) is 3.01. The molecule has 1 N–H and O–H groups in total. The molecule has 1 saturated heterocycles. The third-order valence-electron chi connectivity index (χ3n) is 4.64. The van der Waals surface area contributed by atoms with Crippen molar-refractivity contribution in [1.29, 1.82) is 0 Å². The Kier molecular flexibility index (Phi) is 5.29. The molecule has 6 nitrogen and oxygen atoms in total. The summed E-state index contributed by atoms with van der Waals surface area (Å²) in [6.45, 7) is 4.18. The summed E-state index contributed by atoms with van der Waals surface area (Å²) in [5.74, 6) is -0.0700. The molecule has 1 aliphatic heterocycles. The molecule has 0 bridgehead atoms. The van der Waals surface area contributed by atoms with E-state index in [9.17, 15) is 13.2 Å². The average molecular weight is 373 g/mol. The summed E-state index contributed by atoms with van der Waals surface area (Å²) < 4.78 is 26.8. The van der Waals surface area contributed by atoms with E-state index in [4.69, 9.17) is 0 Å². The van der Waals surface area contributed by atoms with Crippen LogP contribution in [0.25, 0.3) is 0 Å². The molecule has 7 heteroatoms. The highest BCUT2D eigenvalue weighted by Gasteiger charge is 2.25. The summed E-state index contributed by atoms with van der Waals surface area (Å²) in [5.41, 5.74) is 1.09. The molecule has 0 radical (unpaired) electrons. The Morgan fingerprint density at radius 2 is 1.77 bits per heavy atom. The fourth-order valence-corrected chi connectivity index (χ4v) is 4.21. The van der Waals surface area contributed by atoms with Crippen molar-refractivity contribution in [2.45, 2.75) is 17.9 Å². The Morgan fingerprint density at radius 3 is 2.38 bits per heavy atom. The number of carbonyl (C=O) groups is 1. The zero-order chi connectivity index (χ0) is 18.7. The van der Waals surface area contributed by atoms with Gasteiger partial charge < -0.3 is 10.2 Å². The largest absolute Gasteiger partial charge is 0.333 e. The molecule has 0 unspecified atom stereocenters. The van der Waals surface area contributed by atoms with Gasteiger partial charge in [-0.15, -0.1) is 0 Å². The maximum atomic E-state index is 12.8. The van der Waals surface area contributed by atoms with Crippen LogP contribution < -0.4 is 9.62 Å². The van der Waals surface area contributed by atoms with Gasteiger partial charge in [-0.25, -0.2) is 8.42 Å². The van der Waals surface area contributed by atoms with Gasteiger partial charge in [0, 0.05) is 38.3 Å². The molecule has 0 aromatic heterocycles. The highest BCUT2D eigenvalue weighted by molar-refractivity contribution is 7.92. The number of amides is 1. The number of sulfonamides is 1. The van der Waals surface area contributed by atoms with Gasteiger partial charge in [0.15, 0.2) is 0 Å². The van der Waals surface area contributed by atoms with Crippen LogP contribution in [0.4, 0.5) is 5.69 Å². The van der Waals surface area contributed by atoms with Crippen molar-refractivity contribution < 1.29 is 13.2 Å². The molecule has 2 aromatic rings. The number of rotatable bonds is 4. The molecule has 26 heavy (non-hydrogen) atoms. The van der Waals surface area contributed by atoms with Gasteiger partial charge >= 0.3 is 0 Å². The third-order valence-corrected chi connectivity index (χ3v) is 6.44. The van der Waals surface area contributed by atoms with Crippen molar-refractivity contribution in [2.24, 2.45) is 0 Å². The Hall–Kier alpha value is -2.38. The molecule has 1 fully saturated rings. The summed E-state index contributed by atoms with van der Waals surface area (Å²) in [7, 11) is -2.15. The summed E-state index contributed by atoms with van der Waals surface area (Å²) in [4.78, 5) is 14.6. The lowest BCUT2D eigenvalue weighted by molar-refractivity contribution is 0.0655. The highest BCUT2D eigenvalue weighted by atomic mass is 32.2.